The Labute approximate surface area is 159 Å². The van der Waals surface area contributed by atoms with Crippen LogP contribution in [0.1, 0.15) is 38.3 Å². The van der Waals surface area contributed by atoms with Crippen LogP contribution in [0.3, 0.4) is 0 Å². The number of fused-ring (bicyclic) bond motifs is 2. The van der Waals surface area contributed by atoms with E-state index >= 15 is 0 Å². The number of hydrogen-bond donors (Lipinski definition) is 6. The molecule has 144 valence electrons. The van der Waals surface area contributed by atoms with Crippen molar-refractivity contribution in [3.63, 3.8) is 0 Å². The number of ether oxygens (including phenoxy) is 1. The minimum Gasteiger partial charge on any atom is -0.493 e. The first kappa shape index (κ1) is 19.5. The van der Waals surface area contributed by atoms with Gasteiger partial charge in [-0.05, 0) is 38.5 Å². The maximum Gasteiger partial charge on any atom is 0.128 e. The van der Waals surface area contributed by atoms with E-state index in [0.29, 0.717) is 19.2 Å². The first-order valence-electron chi connectivity index (χ1n) is 9.11. The van der Waals surface area contributed by atoms with Crippen LogP contribution in [0.5, 0.6) is 5.75 Å². The molecule has 0 spiro atoms. The molecule has 0 saturated carbocycles. The Morgan fingerprint density at radius 3 is 2.81 bits per heavy atom. The van der Waals surface area contributed by atoms with Gasteiger partial charge in [-0.15, -0.1) is 11.8 Å². The van der Waals surface area contributed by atoms with Crippen molar-refractivity contribution < 1.29 is 4.74 Å². The van der Waals surface area contributed by atoms with Crippen molar-refractivity contribution in [3.05, 3.63) is 34.2 Å². The fourth-order valence-electron chi connectivity index (χ4n) is 3.27. The molecule has 3 unspecified atom stereocenters. The minimum atomic E-state index is -0.0870. The summed E-state index contributed by atoms with van der Waals surface area (Å²) in [6.07, 6.45) is 0.878. The molecule has 8 N–H and O–H groups in total. The van der Waals surface area contributed by atoms with Crippen LogP contribution in [-0.2, 0) is 6.54 Å². The molecular formula is C18H30N6OS. The Morgan fingerprint density at radius 2 is 2.12 bits per heavy atom. The van der Waals surface area contributed by atoms with Crippen LogP contribution in [0, 0.1) is 0 Å². The molecule has 0 saturated heterocycles. The van der Waals surface area contributed by atoms with Gasteiger partial charge in [0.05, 0.1) is 24.6 Å². The molecule has 7 nitrogen and oxygen atoms in total. The molecule has 1 aromatic carbocycles. The molecule has 8 heteroatoms. The van der Waals surface area contributed by atoms with Crippen molar-refractivity contribution >= 4 is 17.5 Å². The fourth-order valence-corrected chi connectivity index (χ4v) is 4.53. The Bertz CT molecular complexity index is 653. The molecule has 0 aliphatic carbocycles. The monoisotopic (exact) mass is 378 g/mol. The lowest BCUT2D eigenvalue weighted by Crippen LogP contribution is -2.59. The summed E-state index contributed by atoms with van der Waals surface area (Å²) >= 11 is 1.85. The van der Waals surface area contributed by atoms with Crippen LogP contribution >= 0.6 is 11.8 Å². The quantitative estimate of drug-likeness (QED) is 0.237. The lowest BCUT2D eigenvalue weighted by atomic mass is 10.1. The Balaban J connectivity index is 1.82. The third-order valence-electron chi connectivity index (χ3n) is 4.30. The van der Waals surface area contributed by atoms with E-state index in [1.54, 1.807) is 0 Å². The van der Waals surface area contributed by atoms with Crippen LogP contribution in [0.4, 0.5) is 0 Å². The Morgan fingerprint density at radius 1 is 1.31 bits per heavy atom. The average Bonchev–Trinajstić information content (AvgIpc) is 2.91. The SMILES string of the molecule is CC(C)NC(NC(C)N)C1NC2=C(CCOc3cc(CNN)ccc32)S1. The van der Waals surface area contributed by atoms with Crippen molar-refractivity contribution in [2.45, 2.75) is 57.5 Å². The number of hydrazine groups is 1. The minimum absolute atomic E-state index is 0.0667. The molecule has 1 aromatic rings. The van der Waals surface area contributed by atoms with Gasteiger partial charge in [0, 0.05) is 29.5 Å². The summed E-state index contributed by atoms with van der Waals surface area (Å²) in [5.41, 5.74) is 12.1. The highest BCUT2D eigenvalue weighted by Gasteiger charge is 2.34. The van der Waals surface area contributed by atoms with Crippen molar-refractivity contribution in [1.82, 2.24) is 21.4 Å². The summed E-state index contributed by atoms with van der Waals surface area (Å²) < 4.78 is 5.98. The number of rotatable bonds is 7. The smallest absolute Gasteiger partial charge is 0.128 e. The van der Waals surface area contributed by atoms with Gasteiger partial charge in [-0.25, -0.2) is 0 Å². The largest absolute Gasteiger partial charge is 0.493 e. The van der Waals surface area contributed by atoms with Crippen molar-refractivity contribution in [2.24, 2.45) is 11.6 Å². The number of nitrogens with two attached hydrogens (primary N) is 2. The van der Waals surface area contributed by atoms with Crippen LogP contribution < -0.4 is 37.7 Å². The van der Waals surface area contributed by atoms with E-state index in [4.69, 9.17) is 16.3 Å². The van der Waals surface area contributed by atoms with Gasteiger partial charge >= 0.3 is 0 Å². The summed E-state index contributed by atoms with van der Waals surface area (Å²) in [4.78, 5) is 1.33. The summed E-state index contributed by atoms with van der Waals surface area (Å²) in [5.74, 6) is 6.35. The number of hydrogen-bond acceptors (Lipinski definition) is 8. The van der Waals surface area contributed by atoms with Gasteiger partial charge in [-0.1, -0.05) is 6.07 Å². The molecule has 0 fully saturated rings. The molecular weight excluding hydrogens is 348 g/mol. The first-order chi connectivity index (χ1) is 12.5. The van der Waals surface area contributed by atoms with Gasteiger partial charge in [-0.2, -0.15) is 0 Å². The fraction of sp³-hybridized carbons (Fsp3) is 0.556. The molecule has 0 amide bonds. The number of nitrogens with one attached hydrogen (secondary N) is 4. The third-order valence-corrected chi connectivity index (χ3v) is 5.64. The Kier molecular flexibility index (Phi) is 6.44. The second-order valence-corrected chi connectivity index (χ2v) is 8.28. The zero-order chi connectivity index (χ0) is 18.7. The molecule has 3 rings (SSSR count). The predicted molar refractivity (Wildman–Crippen MR) is 108 cm³/mol. The van der Waals surface area contributed by atoms with Crippen LogP contribution in [-0.4, -0.2) is 30.4 Å². The van der Waals surface area contributed by atoms with E-state index in [-0.39, 0.29) is 17.7 Å². The highest BCUT2D eigenvalue weighted by molar-refractivity contribution is 8.04. The highest BCUT2D eigenvalue weighted by Crippen LogP contribution is 2.43. The van der Waals surface area contributed by atoms with Crippen molar-refractivity contribution in [3.8, 4) is 5.75 Å². The van der Waals surface area contributed by atoms with E-state index in [9.17, 15) is 0 Å². The zero-order valence-electron chi connectivity index (χ0n) is 15.6. The normalized spacial score (nSPS) is 21.5. The van der Waals surface area contributed by atoms with E-state index < -0.39 is 0 Å². The summed E-state index contributed by atoms with van der Waals surface area (Å²) in [6.45, 7) is 7.54. The molecule has 2 aliphatic heterocycles. The topological polar surface area (TPSA) is 109 Å². The first-order valence-corrected chi connectivity index (χ1v) is 9.99. The van der Waals surface area contributed by atoms with Gasteiger partial charge in [0.25, 0.3) is 0 Å². The number of benzene rings is 1. The highest BCUT2D eigenvalue weighted by atomic mass is 32.2. The van der Waals surface area contributed by atoms with E-state index in [1.807, 2.05) is 18.7 Å². The van der Waals surface area contributed by atoms with Gasteiger partial charge in [0.2, 0.25) is 0 Å². The summed E-state index contributed by atoms with van der Waals surface area (Å²) in [5, 5.41) is 10.9. The number of thioether (sulfide) groups is 1. The lowest BCUT2D eigenvalue weighted by molar-refractivity contribution is 0.324. The van der Waals surface area contributed by atoms with Crippen LogP contribution in [0.15, 0.2) is 23.1 Å². The van der Waals surface area contributed by atoms with Crippen molar-refractivity contribution in [1.29, 1.82) is 0 Å². The predicted octanol–water partition coefficient (Wildman–Crippen LogP) is 0.982. The molecule has 26 heavy (non-hydrogen) atoms. The molecule has 2 heterocycles. The summed E-state index contributed by atoms with van der Waals surface area (Å²) in [7, 11) is 0. The second kappa shape index (κ2) is 8.60. The van der Waals surface area contributed by atoms with Crippen LogP contribution in [0.25, 0.3) is 5.70 Å². The zero-order valence-corrected chi connectivity index (χ0v) is 16.5. The lowest BCUT2D eigenvalue weighted by Gasteiger charge is -2.30. The Hall–Kier alpha value is -1.29. The van der Waals surface area contributed by atoms with E-state index in [2.05, 4.69) is 53.4 Å². The van der Waals surface area contributed by atoms with Crippen molar-refractivity contribution in [2.75, 3.05) is 6.61 Å². The van der Waals surface area contributed by atoms with Crippen LogP contribution in [0.2, 0.25) is 0 Å². The molecule has 2 aliphatic rings. The van der Waals surface area contributed by atoms with E-state index in [1.165, 1.54) is 10.6 Å². The van der Waals surface area contributed by atoms with Gasteiger partial charge < -0.3 is 15.8 Å². The maximum atomic E-state index is 5.99. The molecule has 0 aromatic heterocycles. The van der Waals surface area contributed by atoms with E-state index in [0.717, 1.165) is 23.3 Å². The standard InChI is InChI=1S/C18H30N6OS/c1-10(2)22-17(23-11(3)19)18-24-16-13-5-4-12(9-21-20)8-14(13)25-7-6-15(16)26-18/h4-5,8,10-11,17-18,21-24H,6-7,9,19-20H2,1-3H3. The van der Waals surface area contributed by atoms with Gasteiger partial charge in [0.1, 0.15) is 11.1 Å². The third kappa shape index (κ3) is 4.51. The summed E-state index contributed by atoms with van der Waals surface area (Å²) in [6, 6.07) is 6.62. The molecule has 0 bridgehead atoms. The maximum absolute atomic E-state index is 5.99. The second-order valence-electron chi connectivity index (χ2n) is 7.05. The molecule has 3 atom stereocenters. The average molecular weight is 379 g/mol. The van der Waals surface area contributed by atoms with Gasteiger partial charge in [0.15, 0.2) is 0 Å². The molecule has 0 radical (unpaired) electrons. The van der Waals surface area contributed by atoms with Gasteiger partial charge in [-0.3, -0.25) is 21.9 Å².